The van der Waals surface area contributed by atoms with Crippen LogP contribution in [0, 0.1) is 13.8 Å². The first kappa shape index (κ1) is 22.5. The SMILES string of the molecule is CCCOc1cnc(Cc2cc(C)c(-c3csc(NC(=O)c4ccncc4)n3)c(C)c2)cn1. The van der Waals surface area contributed by atoms with E-state index in [1.54, 1.807) is 36.9 Å². The molecule has 0 bridgehead atoms. The van der Waals surface area contributed by atoms with Gasteiger partial charge in [0.25, 0.3) is 5.91 Å². The van der Waals surface area contributed by atoms with Crippen LogP contribution in [-0.4, -0.2) is 32.4 Å². The molecule has 3 heterocycles. The summed E-state index contributed by atoms with van der Waals surface area (Å²) in [5, 5.41) is 5.40. The molecular formula is C25H25N5O2S. The fourth-order valence-corrected chi connectivity index (χ4v) is 4.30. The first-order valence-corrected chi connectivity index (χ1v) is 11.6. The molecule has 0 saturated heterocycles. The van der Waals surface area contributed by atoms with Crippen molar-refractivity contribution < 1.29 is 9.53 Å². The molecule has 4 rings (SSSR count). The molecule has 0 aliphatic heterocycles. The van der Waals surface area contributed by atoms with Crippen molar-refractivity contribution in [1.82, 2.24) is 19.9 Å². The molecule has 1 aromatic carbocycles. The van der Waals surface area contributed by atoms with Crippen LogP contribution in [0.2, 0.25) is 0 Å². The Bertz CT molecular complexity index is 1220. The summed E-state index contributed by atoms with van der Waals surface area (Å²) in [6.45, 7) is 6.85. The van der Waals surface area contributed by atoms with Crippen molar-refractivity contribution in [2.45, 2.75) is 33.6 Å². The van der Waals surface area contributed by atoms with Gasteiger partial charge in [-0.1, -0.05) is 19.1 Å². The van der Waals surface area contributed by atoms with Crippen molar-refractivity contribution in [3.8, 4) is 17.1 Å². The summed E-state index contributed by atoms with van der Waals surface area (Å²) in [5.41, 5.74) is 6.77. The van der Waals surface area contributed by atoms with Crippen LogP contribution in [-0.2, 0) is 6.42 Å². The van der Waals surface area contributed by atoms with Gasteiger partial charge in [-0.15, -0.1) is 11.3 Å². The predicted octanol–water partition coefficient (Wildman–Crippen LogP) is 5.24. The molecule has 0 radical (unpaired) electrons. The topological polar surface area (TPSA) is 89.9 Å². The van der Waals surface area contributed by atoms with Crippen molar-refractivity contribution >= 4 is 22.4 Å². The molecule has 1 amide bonds. The second-order valence-electron chi connectivity index (χ2n) is 7.70. The van der Waals surface area contributed by atoms with Crippen LogP contribution in [0.4, 0.5) is 5.13 Å². The summed E-state index contributed by atoms with van der Waals surface area (Å²) in [6.07, 6.45) is 8.25. The van der Waals surface area contributed by atoms with E-state index in [2.05, 4.69) is 58.2 Å². The van der Waals surface area contributed by atoms with E-state index >= 15 is 0 Å². The van der Waals surface area contributed by atoms with Crippen LogP contribution in [0.1, 0.15) is 46.1 Å². The number of aromatic nitrogens is 4. The summed E-state index contributed by atoms with van der Waals surface area (Å²) in [6, 6.07) is 7.65. The Morgan fingerprint density at radius 1 is 1.09 bits per heavy atom. The van der Waals surface area contributed by atoms with Gasteiger partial charge in [-0.3, -0.25) is 20.1 Å². The highest BCUT2D eigenvalue weighted by Gasteiger charge is 2.14. The fraction of sp³-hybridized carbons (Fsp3) is 0.240. The Labute approximate surface area is 197 Å². The Kier molecular flexibility index (Phi) is 7.04. The van der Waals surface area contributed by atoms with Gasteiger partial charge in [0.15, 0.2) is 5.13 Å². The molecule has 168 valence electrons. The number of anilines is 1. The highest BCUT2D eigenvalue weighted by molar-refractivity contribution is 7.14. The monoisotopic (exact) mass is 459 g/mol. The lowest BCUT2D eigenvalue weighted by Gasteiger charge is -2.11. The van der Waals surface area contributed by atoms with Gasteiger partial charge in [-0.2, -0.15) is 0 Å². The molecule has 0 atom stereocenters. The van der Waals surface area contributed by atoms with E-state index in [1.165, 1.54) is 11.3 Å². The number of hydrogen-bond donors (Lipinski definition) is 1. The number of nitrogens with zero attached hydrogens (tertiary/aromatic N) is 4. The minimum atomic E-state index is -0.200. The second-order valence-corrected chi connectivity index (χ2v) is 8.56. The Morgan fingerprint density at radius 2 is 1.85 bits per heavy atom. The molecule has 1 N–H and O–H groups in total. The van der Waals surface area contributed by atoms with E-state index in [1.807, 2.05) is 5.38 Å². The zero-order valence-corrected chi connectivity index (χ0v) is 19.6. The summed E-state index contributed by atoms with van der Waals surface area (Å²) in [4.78, 5) is 29.8. The molecule has 7 nitrogen and oxygen atoms in total. The Morgan fingerprint density at radius 3 is 2.52 bits per heavy atom. The molecule has 3 aromatic heterocycles. The number of aryl methyl sites for hydroxylation is 2. The molecule has 4 aromatic rings. The van der Waals surface area contributed by atoms with Crippen molar-refractivity contribution in [3.63, 3.8) is 0 Å². The standard InChI is InChI=1S/C25H25N5O2S/c1-4-9-32-22-14-27-20(13-28-22)12-18-10-16(2)23(17(3)11-18)21-15-33-25(29-21)30-24(31)19-5-7-26-8-6-19/h5-8,10-11,13-15H,4,9,12H2,1-3H3,(H,29,30,31). The Hall–Kier alpha value is -3.65. The van der Waals surface area contributed by atoms with Crippen molar-refractivity contribution in [1.29, 1.82) is 0 Å². The van der Waals surface area contributed by atoms with E-state index in [4.69, 9.17) is 4.74 Å². The number of thiazole rings is 1. The number of pyridine rings is 1. The van der Waals surface area contributed by atoms with Gasteiger partial charge in [0.05, 0.1) is 30.4 Å². The van der Waals surface area contributed by atoms with Crippen LogP contribution >= 0.6 is 11.3 Å². The Balaban J connectivity index is 1.48. The van der Waals surface area contributed by atoms with Crippen LogP contribution in [0.3, 0.4) is 0 Å². The number of hydrogen-bond acceptors (Lipinski definition) is 7. The third-order valence-corrected chi connectivity index (χ3v) is 5.79. The lowest BCUT2D eigenvalue weighted by Crippen LogP contribution is -2.11. The predicted molar refractivity (Wildman–Crippen MR) is 130 cm³/mol. The molecule has 0 saturated carbocycles. The molecular weight excluding hydrogens is 434 g/mol. The van der Waals surface area contributed by atoms with E-state index in [0.717, 1.165) is 40.1 Å². The van der Waals surface area contributed by atoms with Crippen molar-refractivity contribution in [2.75, 3.05) is 11.9 Å². The van der Waals surface area contributed by atoms with Gasteiger partial charge in [0, 0.05) is 35.3 Å². The van der Waals surface area contributed by atoms with Gasteiger partial charge in [0.1, 0.15) is 0 Å². The lowest BCUT2D eigenvalue weighted by atomic mass is 9.96. The van der Waals surface area contributed by atoms with Gasteiger partial charge < -0.3 is 4.74 Å². The van der Waals surface area contributed by atoms with Crippen molar-refractivity contribution in [2.24, 2.45) is 0 Å². The maximum Gasteiger partial charge on any atom is 0.257 e. The van der Waals surface area contributed by atoms with Crippen LogP contribution < -0.4 is 10.1 Å². The first-order chi connectivity index (χ1) is 16.0. The summed E-state index contributed by atoms with van der Waals surface area (Å²) in [5.74, 6) is 0.355. The summed E-state index contributed by atoms with van der Waals surface area (Å²) >= 11 is 1.41. The minimum Gasteiger partial charge on any atom is -0.477 e. The number of carbonyl (C=O) groups is 1. The summed E-state index contributed by atoms with van der Waals surface area (Å²) < 4.78 is 5.51. The molecule has 0 fully saturated rings. The maximum absolute atomic E-state index is 12.4. The van der Waals surface area contributed by atoms with Gasteiger partial charge in [0.2, 0.25) is 5.88 Å². The average molecular weight is 460 g/mol. The zero-order valence-electron chi connectivity index (χ0n) is 18.8. The third-order valence-electron chi connectivity index (χ3n) is 5.04. The number of carbonyl (C=O) groups excluding carboxylic acids is 1. The second kappa shape index (κ2) is 10.3. The molecule has 0 unspecified atom stereocenters. The smallest absolute Gasteiger partial charge is 0.257 e. The highest BCUT2D eigenvalue weighted by atomic mass is 32.1. The molecule has 33 heavy (non-hydrogen) atoms. The van der Waals surface area contributed by atoms with Crippen LogP contribution in [0.15, 0.2) is 54.4 Å². The van der Waals surface area contributed by atoms with Crippen LogP contribution in [0.5, 0.6) is 5.88 Å². The zero-order chi connectivity index (χ0) is 23.2. The van der Waals surface area contributed by atoms with E-state index < -0.39 is 0 Å². The van der Waals surface area contributed by atoms with Crippen molar-refractivity contribution in [3.05, 3.63) is 82.4 Å². The molecule has 0 aliphatic carbocycles. The van der Waals surface area contributed by atoms with E-state index in [-0.39, 0.29) is 5.91 Å². The number of amides is 1. The normalized spacial score (nSPS) is 10.8. The lowest BCUT2D eigenvalue weighted by molar-refractivity contribution is 0.102. The van der Waals surface area contributed by atoms with Gasteiger partial charge >= 0.3 is 0 Å². The number of ether oxygens (including phenoxy) is 1. The third kappa shape index (κ3) is 5.59. The van der Waals surface area contributed by atoms with E-state index in [9.17, 15) is 4.79 Å². The highest BCUT2D eigenvalue weighted by Crippen LogP contribution is 2.31. The van der Waals surface area contributed by atoms with Gasteiger partial charge in [-0.05, 0) is 49.1 Å². The molecule has 8 heteroatoms. The number of benzene rings is 1. The first-order valence-electron chi connectivity index (χ1n) is 10.7. The average Bonchev–Trinajstić information content (AvgIpc) is 3.26. The molecule has 0 aliphatic rings. The number of nitrogens with one attached hydrogen (secondary N) is 1. The fourth-order valence-electron chi connectivity index (χ4n) is 3.60. The maximum atomic E-state index is 12.4. The largest absolute Gasteiger partial charge is 0.477 e. The van der Waals surface area contributed by atoms with Crippen LogP contribution in [0.25, 0.3) is 11.3 Å². The number of rotatable bonds is 8. The van der Waals surface area contributed by atoms with Gasteiger partial charge in [-0.25, -0.2) is 9.97 Å². The minimum absolute atomic E-state index is 0.200. The molecule has 0 spiro atoms. The quantitative estimate of drug-likeness (QED) is 0.387. The van der Waals surface area contributed by atoms with E-state index in [0.29, 0.717) is 29.6 Å². The summed E-state index contributed by atoms with van der Waals surface area (Å²) in [7, 11) is 0.